The Morgan fingerprint density at radius 3 is 1.93 bits per heavy atom. The zero-order chi connectivity index (χ0) is 21.5. The number of aryl methyl sites for hydroxylation is 1. The van der Waals surface area contributed by atoms with Crippen molar-refractivity contribution in [3.05, 3.63) is 95.1 Å². The lowest BCUT2D eigenvalue weighted by Gasteiger charge is -2.21. The average molecular weight is 398 g/mol. The molecule has 5 heteroatoms. The fraction of sp³-hybridized carbons (Fsp3) is 0.120. The highest BCUT2D eigenvalue weighted by Crippen LogP contribution is 2.23. The molecule has 0 radical (unpaired) electrons. The first-order valence-electron chi connectivity index (χ1n) is 9.42. The molecule has 0 aliphatic rings. The highest BCUT2D eigenvalue weighted by atomic mass is 16.5. The zero-order valence-corrected chi connectivity index (χ0v) is 16.7. The molecule has 5 nitrogen and oxygen atoms in total. The van der Waals surface area contributed by atoms with Crippen molar-refractivity contribution < 1.29 is 14.3 Å². The number of nitrogens with two attached hydrogens (primary N) is 1. The van der Waals surface area contributed by atoms with Gasteiger partial charge >= 0.3 is 0 Å². The van der Waals surface area contributed by atoms with Gasteiger partial charge in [0, 0.05) is 17.7 Å². The summed E-state index contributed by atoms with van der Waals surface area (Å²) in [5.74, 6) is 3.05. The molecule has 0 bridgehead atoms. The molecule has 0 saturated heterocycles. The summed E-state index contributed by atoms with van der Waals surface area (Å²) in [7, 11) is 0. The van der Waals surface area contributed by atoms with Crippen molar-refractivity contribution in [3.8, 4) is 23.8 Å². The average Bonchev–Trinajstić information content (AvgIpc) is 2.75. The first kappa shape index (κ1) is 20.7. The summed E-state index contributed by atoms with van der Waals surface area (Å²) < 4.78 is 5.75. The third kappa shape index (κ3) is 5.27. The molecule has 3 aromatic carbocycles. The maximum absolute atomic E-state index is 12.9. The van der Waals surface area contributed by atoms with Crippen LogP contribution < -0.4 is 10.5 Å². The number of benzene rings is 3. The fourth-order valence-corrected chi connectivity index (χ4v) is 2.90. The molecule has 0 aliphatic heterocycles. The molecule has 0 aliphatic carbocycles. The molecule has 0 fully saturated rings. The van der Waals surface area contributed by atoms with Gasteiger partial charge in [0.2, 0.25) is 5.91 Å². The SMILES string of the molecule is C#CCN(Cc1ccc(C)cc1)C(=O)c1ccc(Oc2ccc(C(N)=O)cc2)cc1. The van der Waals surface area contributed by atoms with Crippen LogP contribution in [0.5, 0.6) is 11.5 Å². The summed E-state index contributed by atoms with van der Waals surface area (Å²) in [6, 6.07) is 21.4. The molecule has 0 heterocycles. The van der Waals surface area contributed by atoms with E-state index in [1.54, 1.807) is 53.4 Å². The number of amides is 2. The smallest absolute Gasteiger partial charge is 0.254 e. The molecule has 0 saturated carbocycles. The second-order valence-electron chi connectivity index (χ2n) is 6.87. The highest BCUT2D eigenvalue weighted by molar-refractivity contribution is 5.94. The van der Waals surface area contributed by atoms with Crippen molar-refractivity contribution in [3.63, 3.8) is 0 Å². The van der Waals surface area contributed by atoms with Gasteiger partial charge in [0.25, 0.3) is 5.91 Å². The summed E-state index contributed by atoms with van der Waals surface area (Å²) in [5, 5.41) is 0. The minimum absolute atomic E-state index is 0.147. The molecular weight excluding hydrogens is 376 g/mol. The Balaban J connectivity index is 1.69. The van der Waals surface area contributed by atoms with Crippen LogP contribution in [0.4, 0.5) is 0 Å². The number of carbonyl (C=O) groups excluding carboxylic acids is 2. The maximum atomic E-state index is 12.9. The number of hydrogen-bond acceptors (Lipinski definition) is 3. The normalized spacial score (nSPS) is 10.1. The Morgan fingerprint density at radius 1 is 0.900 bits per heavy atom. The molecule has 0 aromatic heterocycles. The van der Waals surface area contributed by atoms with Gasteiger partial charge in [0.1, 0.15) is 11.5 Å². The van der Waals surface area contributed by atoms with Gasteiger partial charge in [-0.25, -0.2) is 0 Å². The topological polar surface area (TPSA) is 72.6 Å². The van der Waals surface area contributed by atoms with Crippen LogP contribution in [0.2, 0.25) is 0 Å². The van der Waals surface area contributed by atoms with Gasteiger partial charge in [-0.2, -0.15) is 0 Å². The second-order valence-corrected chi connectivity index (χ2v) is 6.87. The van der Waals surface area contributed by atoms with Gasteiger partial charge in [-0.15, -0.1) is 6.42 Å². The van der Waals surface area contributed by atoms with Crippen LogP contribution in [0.15, 0.2) is 72.8 Å². The predicted octanol–water partition coefficient (Wildman–Crippen LogP) is 4.16. The van der Waals surface area contributed by atoms with Crippen LogP contribution in [0.1, 0.15) is 31.8 Å². The summed E-state index contributed by atoms with van der Waals surface area (Å²) >= 11 is 0. The van der Waals surface area contributed by atoms with E-state index in [0.29, 0.717) is 29.2 Å². The maximum Gasteiger partial charge on any atom is 0.254 e. The first-order chi connectivity index (χ1) is 14.5. The fourth-order valence-electron chi connectivity index (χ4n) is 2.90. The van der Waals surface area contributed by atoms with Gasteiger partial charge in [0.05, 0.1) is 6.54 Å². The molecule has 30 heavy (non-hydrogen) atoms. The Hall–Kier alpha value is -4.04. The Labute approximate surface area is 176 Å². The van der Waals surface area contributed by atoms with Crippen LogP contribution in [0.3, 0.4) is 0 Å². The molecule has 2 amide bonds. The number of terminal acetylenes is 1. The van der Waals surface area contributed by atoms with E-state index in [-0.39, 0.29) is 12.5 Å². The van der Waals surface area contributed by atoms with Crippen molar-refractivity contribution in [2.75, 3.05) is 6.54 Å². The van der Waals surface area contributed by atoms with E-state index in [0.717, 1.165) is 11.1 Å². The lowest BCUT2D eigenvalue weighted by Crippen LogP contribution is -2.30. The number of carbonyl (C=O) groups is 2. The minimum Gasteiger partial charge on any atom is -0.457 e. The molecule has 0 spiro atoms. The Kier molecular flexibility index (Phi) is 6.51. The first-order valence-corrected chi connectivity index (χ1v) is 9.42. The van der Waals surface area contributed by atoms with E-state index in [2.05, 4.69) is 5.92 Å². The lowest BCUT2D eigenvalue weighted by molar-refractivity contribution is 0.0765. The van der Waals surface area contributed by atoms with E-state index in [1.807, 2.05) is 31.2 Å². The van der Waals surface area contributed by atoms with Gasteiger partial charge in [-0.3, -0.25) is 9.59 Å². The molecule has 2 N–H and O–H groups in total. The van der Waals surface area contributed by atoms with E-state index in [9.17, 15) is 9.59 Å². The number of ether oxygens (including phenoxy) is 1. The number of primary amides is 1. The summed E-state index contributed by atoms with van der Waals surface area (Å²) in [5.41, 5.74) is 8.34. The van der Waals surface area contributed by atoms with Gasteiger partial charge in [0.15, 0.2) is 0 Å². The van der Waals surface area contributed by atoms with E-state index < -0.39 is 5.91 Å². The third-order valence-electron chi connectivity index (χ3n) is 4.54. The largest absolute Gasteiger partial charge is 0.457 e. The number of hydrogen-bond donors (Lipinski definition) is 1. The van der Waals surface area contributed by atoms with Crippen LogP contribution >= 0.6 is 0 Å². The van der Waals surface area contributed by atoms with Crippen LogP contribution in [-0.2, 0) is 6.54 Å². The minimum atomic E-state index is -0.494. The monoisotopic (exact) mass is 398 g/mol. The van der Waals surface area contributed by atoms with Crippen LogP contribution in [-0.4, -0.2) is 23.3 Å². The lowest BCUT2D eigenvalue weighted by atomic mass is 10.1. The zero-order valence-electron chi connectivity index (χ0n) is 16.7. The molecule has 3 rings (SSSR count). The Bertz CT molecular complexity index is 1060. The van der Waals surface area contributed by atoms with E-state index in [1.165, 1.54) is 0 Å². The molecule has 0 atom stereocenters. The van der Waals surface area contributed by atoms with Gasteiger partial charge in [-0.05, 0) is 61.0 Å². The second kappa shape index (κ2) is 9.44. The summed E-state index contributed by atoms with van der Waals surface area (Å²) in [6.07, 6.45) is 5.47. The standard InChI is InChI=1S/C25H22N2O3/c1-3-16-27(17-19-6-4-18(2)5-7-19)25(29)21-10-14-23(15-11-21)30-22-12-8-20(9-13-22)24(26)28/h1,4-15H,16-17H2,2H3,(H2,26,28). The van der Waals surface area contributed by atoms with Crippen LogP contribution in [0.25, 0.3) is 0 Å². The molecule has 150 valence electrons. The number of rotatable bonds is 7. The van der Waals surface area contributed by atoms with E-state index >= 15 is 0 Å². The van der Waals surface area contributed by atoms with Crippen molar-refractivity contribution in [1.82, 2.24) is 4.90 Å². The highest BCUT2D eigenvalue weighted by Gasteiger charge is 2.15. The molecule has 3 aromatic rings. The third-order valence-corrected chi connectivity index (χ3v) is 4.54. The summed E-state index contributed by atoms with van der Waals surface area (Å²) in [4.78, 5) is 25.7. The van der Waals surface area contributed by atoms with Crippen LogP contribution in [0, 0.1) is 19.3 Å². The van der Waals surface area contributed by atoms with Gasteiger partial charge < -0.3 is 15.4 Å². The predicted molar refractivity (Wildman–Crippen MR) is 116 cm³/mol. The van der Waals surface area contributed by atoms with Gasteiger partial charge in [-0.1, -0.05) is 35.7 Å². The quantitative estimate of drug-likeness (QED) is 0.608. The Morgan fingerprint density at radius 2 is 1.43 bits per heavy atom. The van der Waals surface area contributed by atoms with E-state index in [4.69, 9.17) is 16.9 Å². The molecule has 0 unspecified atom stereocenters. The van der Waals surface area contributed by atoms with Crippen molar-refractivity contribution >= 4 is 11.8 Å². The van der Waals surface area contributed by atoms with Crippen molar-refractivity contribution in [2.45, 2.75) is 13.5 Å². The number of nitrogens with zero attached hydrogens (tertiary/aromatic N) is 1. The summed E-state index contributed by atoms with van der Waals surface area (Å²) in [6.45, 7) is 2.68. The van der Waals surface area contributed by atoms with Crippen molar-refractivity contribution in [2.24, 2.45) is 5.73 Å². The molecular formula is C25H22N2O3. The van der Waals surface area contributed by atoms with Crippen molar-refractivity contribution in [1.29, 1.82) is 0 Å².